The first-order chi connectivity index (χ1) is 16.6. The zero-order valence-electron chi connectivity index (χ0n) is 20.6. The molecule has 1 fully saturated rings. The van der Waals surface area contributed by atoms with Crippen molar-refractivity contribution < 1.29 is 48.9 Å². The fourth-order valence-corrected chi connectivity index (χ4v) is 4.06. The lowest BCUT2D eigenvalue weighted by Crippen LogP contribution is -2.46. The average molecular weight is 495 g/mol. The molecule has 0 aromatic heterocycles. The lowest BCUT2D eigenvalue weighted by atomic mass is 10.0. The van der Waals surface area contributed by atoms with E-state index in [4.69, 9.17) is 33.9 Å². The number of rotatable bonds is 23. The van der Waals surface area contributed by atoms with Crippen molar-refractivity contribution in [3.05, 3.63) is 0 Å². The fraction of sp³-hybridized carbons (Fsp3) is 0.958. The minimum Gasteiger partial charge on any atom is -0.479 e. The van der Waals surface area contributed by atoms with E-state index in [-0.39, 0.29) is 52.9 Å². The lowest BCUT2D eigenvalue weighted by Gasteiger charge is -2.30. The van der Waals surface area contributed by atoms with Crippen LogP contribution < -0.4 is 0 Å². The molecule has 0 bridgehead atoms. The van der Waals surface area contributed by atoms with Crippen molar-refractivity contribution in [3.63, 3.8) is 0 Å². The number of carbonyl (C=O) groups is 1. The van der Waals surface area contributed by atoms with Gasteiger partial charge in [-0.2, -0.15) is 0 Å². The van der Waals surface area contributed by atoms with Gasteiger partial charge in [-0.1, -0.05) is 58.3 Å². The molecule has 202 valence electrons. The van der Waals surface area contributed by atoms with Gasteiger partial charge < -0.3 is 44.1 Å². The molecule has 10 heteroatoms. The zero-order valence-corrected chi connectivity index (χ0v) is 20.6. The van der Waals surface area contributed by atoms with Crippen molar-refractivity contribution in [2.75, 3.05) is 52.9 Å². The second-order valence-corrected chi connectivity index (χ2v) is 8.55. The molecule has 1 heterocycles. The third-order valence-electron chi connectivity index (χ3n) is 5.81. The Morgan fingerprint density at radius 1 is 0.882 bits per heavy atom. The highest BCUT2D eigenvalue weighted by Crippen LogP contribution is 2.26. The first kappa shape index (κ1) is 31.2. The van der Waals surface area contributed by atoms with E-state index in [0.29, 0.717) is 6.42 Å². The van der Waals surface area contributed by atoms with E-state index in [0.717, 1.165) is 19.3 Å². The summed E-state index contributed by atoms with van der Waals surface area (Å²) in [4.78, 5) is 11.7. The molecule has 1 saturated heterocycles. The maximum Gasteiger partial charge on any atom is 0.332 e. The molecule has 34 heavy (non-hydrogen) atoms. The van der Waals surface area contributed by atoms with Crippen molar-refractivity contribution in [2.24, 2.45) is 0 Å². The van der Waals surface area contributed by atoms with Gasteiger partial charge in [-0.3, -0.25) is 0 Å². The first-order valence-corrected chi connectivity index (χ1v) is 12.7. The molecule has 5 atom stereocenters. The van der Waals surface area contributed by atoms with Gasteiger partial charge in [0.05, 0.1) is 52.9 Å². The molecular formula is C24H46O10. The summed E-state index contributed by atoms with van der Waals surface area (Å²) in [6.07, 6.45) is 6.01. The number of hydrogen-bond acceptors (Lipinski definition) is 9. The molecule has 4 N–H and O–H groups in total. The minimum absolute atomic E-state index is 0.0263. The van der Waals surface area contributed by atoms with Crippen LogP contribution in [-0.4, -0.2) is 110 Å². The van der Waals surface area contributed by atoms with Crippen LogP contribution in [0.5, 0.6) is 0 Å². The van der Waals surface area contributed by atoms with Gasteiger partial charge in [-0.15, -0.1) is 0 Å². The number of carboxylic acids is 1. The first-order valence-electron chi connectivity index (χ1n) is 12.7. The number of carboxylic acid groups (broad SMARTS) is 1. The number of hydrogen-bond donors (Lipinski definition) is 4. The third-order valence-corrected chi connectivity index (χ3v) is 5.81. The van der Waals surface area contributed by atoms with Crippen molar-refractivity contribution in [3.8, 4) is 0 Å². The summed E-state index contributed by atoms with van der Waals surface area (Å²) >= 11 is 0. The van der Waals surface area contributed by atoms with Gasteiger partial charge in [0.15, 0.2) is 6.10 Å². The molecule has 0 saturated carbocycles. The van der Waals surface area contributed by atoms with Crippen LogP contribution in [0.25, 0.3) is 0 Å². The molecule has 0 spiro atoms. The Balaban J connectivity index is 2.60. The maximum atomic E-state index is 11.7. The second kappa shape index (κ2) is 20.4. The number of aliphatic hydroxyl groups excluding tert-OH is 3. The predicted molar refractivity (Wildman–Crippen MR) is 125 cm³/mol. The summed E-state index contributed by atoms with van der Waals surface area (Å²) in [5.74, 6) is -1.02. The molecule has 10 nitrogen and oxygen atoms in total. The van der Waals surface area contributed by atoms with Crippen molar-refractivity contribution in [1.29, 1.82) is 0 Å². The Morgan fingerprint density at radius 2 is 1.50 bits per heavy atom. The Morgan fingerprint density at radius 3 is 2.12 bits per heavy atom. The highest BCUT2D eigenvalue weighted by molar-refractivity contribution is 5.72. The summed E-state index contributed by atoms with van der Waals surface area (Å²) in [6.45, 7) is 1.98. The van der Waals surface area contributed by atoms with E-state index < -0.39 is 36.5 Å². The van der Waals surface area contributed by atoms with Crippen LogP contribution in [0.3, 0.4) is 0 Å². The van der Waals surface area contributed by atoms with E-state index in [1.807, 2.05) is 0 Å². The topological polar surface area (TPSA) is 144 Å². The molecule has 1 aliphatic heterocycles. The van der Waals surface area contributed by atoms with Crippen molar-refractivity contribution in [1.82, 2.24) is 0 Å². The molecule has 1 aliphatic rings. The van der Waals surface area contributed by atoms with Gasteiger partial charge in [0.1, 0.15) is 24.4 Å². The molecule has 0 aliphatic carbocycles. The summed E-state index contributed by atoms with van der Waals surface area (Å²) < 4.78 is 28.6. The largest absolute Gasteiger partial charge is 0.479 e. The lowest BCUT2D eigenvalue weighted by molar-refractivity contribution is -0.163. The molecule has 0 radical (unpaired) electrons. The van der Waals surface area contributed by atoms with Crippen LogP contribution in [0.4, 0.5) is 0 Å². The SMILES string of the molecule is CCCCCCCCCCC(OCC(OCCO)C1OCC(OCCO)C1OCCO)C(=O)O. The van der Waals surface area contributed by atoms with Crippen LogP contribution in [0, 0.1) is 0 Å². The normalized spacial score (nSPS) is 22.2. The standard InChI is InChI=1S/C24H46O10/c1-2-3-4-5-6-7-8-9-10-19(24(28)29)33-17-20(30-14-11-25)23-22(32-16-13-27)21(18-34-23)31-15-12-26/h19-23,25-27H,2-18H2,1H3,(H,28,29). The Kier molecular flexibility index (Phi) is 18.7. The van der Waals surface area contributed by atoms with Gasteiger partial charge in [0, 0.05) is 0 Å². The number of unbranched alkanes of at least 4 members (excludes halogenated alkanes) is 7. The molecule has 0 amide bonds. The predicted octanol–water partition coefficient (Wildman–Crippen LogP) is 1.52. The van der Waals surface area contributed by atoms with Crippen molar-refractivity contribution in [2.45, 2.75) is 95.2 Å². The summed E-state index contributed by atoms with van der Waals surface area (Å²) in [6, 6.07) is 0. The molecule has 0 aromatic rings. The van der Waals surface area contributed by atoms with Gasteiger partial charge >= 0.3 is 5.97 Å². The van der Waals surface area contributed by atoms with E-state index in [9.17, 15) is 15.0 Å². The monoisotopic (exact) mass is 494 g/mol. The van der Waals surface area contributed by atoms with Crippen molar-refractivity contribution >= 4 is 5.97 Å². The smallest absolute Gasteiger partial charge is 0.332 e. The third kappa shape index (κ3) is 12.7. The molecular weight excluding hydrogens is 448 g/mol. The minimum atomic E-state index is -1.02. The van der Waals surface area contributed by atoms with Crippen LogP contribution >= 0.6 is 0 Å². The van der Waals surface area contributed by atoms with Crippen LogP contribution in [0.1, 0.15) is 64.7 Å². The Bertz CT molecular complexity index is 492. The fourth-order valence-electron chi connectivity index (χ4n) is 4.06. The number of aliphatic hydroxyl groups is 3. The van der Waals surface area contributed by atoms with E-state index in [1.165, 1.54) is 32.1 Å². The van der Waals surface area contributed by atoms with Gasteiger partial charge in [-0.25, -0.2) is 4.79 Å². The average Bonchev–Trinajstić information content (AvgIpc) is 3.23. The second-order valence-electron chi connectivity index (χ2n) is 8.55. The summed E-state index contributed by atoms with van der Waals surface area (Å²) in [5.41, 5.74) is 0. The van der Waals surface area contributed by atoms with Gasteiger partial charge in [0.25, 0.3) is 0 Å². The zero-order chi connectivity index (χ0) is 25.0. The van der Waals surface area contributed by atoms with Crippen LogP contribution in [-0.2, 0) is 28.5 Å². The highest BCUT2D eigenvalue weighted by Gasteiger charge is 2.44. The van der Waals surface area contributed by atoms with E-state index in [1.54, 1.807) is 0 Å². The van der Waals surface area contributed by atoms with E-state index >= 15 is 0 Å². The van der Waals surface area contributed by atoms with Gasteiger partial charge in [-0.05, 0) is 6.42 Å². The quantitative estimate of drug-likeness (QED) is 0.154. The highest BCUT2D eigenvalue weighted by atomic mass is 16.6. The maximum absolute atomic E-state index is 11.7. The Labute approximate surface area is 203 Å². The number of ether oxygens (including phenoxy) is 5. The van der Waals surface area contributed by atoms with E-state index in [2.05, 4.69) is 6.92 Å². The summed E-state index contributed by atoms with van der Waals surface area (Å²) in [5, 5.41) is 37.0. The molecule has 1 rings (SSSR count). The Hall–Kier alpha value is -0.850. The van der Waals surface area contributed by atoms with Gasteiger partial charge in [0.2, 0.25) is 0 Å². The van der Waals surface area contributed by atoms with Crippen LogP contribution in [0.2, 0.25) is 0 Å². The molecule has 5 unspecified atom stereocenters. The summed E-state index contributed by atoms with van der Waals surface area (Å²) in [7, 11) is 0. The molecule has 0 aromatic carbocycles. The van der Waals surface area contributed by atoms with Crippen LogP contribution in [0.15, 0.2) is 0 Å². The number of aliphatic carboxylic acids is 1.